The van der Waals surface area contributed by atoms with E-state index in [2.05, 4.69) is 17.1 Å². The van der Waals surface area contributed by atoms with E-state index >= 15 is 0 Å². The highest BCUT2D eigenvalue weighted by atomic mass is 15.2. The molecular formula is C10H17N. The first-order valence-electron chi connectivity index (χ1n) is 4.86. The molecule has 1 saturated heterocycles. The second-order valence-electron chi connectivity index (χ2n) is 3.68. The van der Waals surface area contributed by atoms with E-state index in [1.807, 2.05) is 0 Å². The van der Waals surface area contributed by atoms with Crippen molar-refractivity contribution < 1.29 is 0 Å². The van der Waals surface area contributed by atoms with Crippen molar-refractivity contribution in [3.63, 3.8) is 0 Å². The third-order valence-electron chi connectivity index (χ3n) is 2.91. The molecule has 0 amide bonds. The van der Waals surface area contributed by atoms with Gasteiger partial charge in [-0.05, 0) is 32.2 Å². The predicted octanol–water partition coefficient (Wildman–Crippen LogP) is 2.19. The van der Waals surface area contributed by atoms with Gasteiger partial charge in [0.15, 0.2) is 0 Å². The first-order chi connectivity index (χ1) is 5.47. The lowest BCUT2D eigenvalue weighted by Gasteiger charge is -2.33. The third-order valence-corrected chi connectivity index (χ3v) is 2.91. The number of nitrogens with zero attached hydrogens (tertiary/aromatic N) is 1. The second-order valence-corrected chi connectivity index (χ2v) is 3.68. The minimum absolute atomic E-state index is 0.891. The molecule has 0 aromatic heterocycles. The van der Waals surface area contributed by atoms with Crippen molar-refractivity contribution in [2.24, 2.45) is 0 Å². The minimum atomic E-state index is 0.891. The third kappa shape index (κ3) is 1.64. The van der Waals surface area contributed by atoms with Crippen LogP contribution in [0.2, 0.25) is 0 Å². The van der Waals surface area contributed by atoms with Crippen molar-refractivity contribution in [3.8, 4) is 0 Å². The van der Waals surface area contributed by atoms with Gasteiger partial charge >= 0.3 is 0 Å². The van der Waals surface area contributed by atoms with Crippen LogP contribution in [0.15, 0.2) is 12.2 Å². The summed E-state index contributed by atoms with van der Waals surface area (Å²) in [5, 5.41) is 0. The zero-order valence-corrected chi connectivity index (χ0v) is 7.13. The average molecular weight is 151 g/mol. The number of hydrogen-bond acceptors (Lipinski definition) is 1. The monoisotopic (exact) mass is 151 g/mol. The molecule has 1 atom stereocenters. The topological polar surface area (TPSA) is 3.24 Å². The highest BCUT2D eigenvalue weighted by molar-refractivity contribution is 4.93. The Labute approximate surface area is 69.1 Å². The molecule has 62 valence electrons. The first kappa shape index (κ1) is 7.35. The fourth-order valence-corrected chi connectivity index (χ4v) is 2.23. The Morgan fingerprint density at radius 1 is 1.09 bits per heavy atom. The van der Waals surface area contributed by atoms with Crippen molar-refractivity contribution in [3.05, 3.63) is 12.2 Å². The largest absolute Gasteiger partial charge is 0.300 e. The van der Waals surface area contributed by atoms with Crippen molar-refractivity contribution in [1.29, 1.82) is 0 Å². The Morgan fingerprint density at radius 2 is 2.09 bits per heavy atom. The molecule has 1 unspecified atom stereocenters. The molecule has 1 fully saturated rings. The molecule has 0 radical (unpaired) electrons. The van der Waals surface area contributed by atoms with Crippen LogP contribution in [0.5, 0.6) is 0 Å². The lowest BCUT2D eigenvalue weighted by atomic mass is 10.0. The van der Waals surface area contributed by atoms with Gasteiger partial charge < -0.3 is 0 Å². The summed E-state index contributed by atoms with van der Waals surface area (Å²) in [6, 6.07) is 0.891. The van der Waals surface area contributed by atoms with Crippen molar-refractivity contribution in [2.75, 3.05) is 13.1 Å². The zero-order valence-electron chi connectivity index (χ0n) is 7.13. The standard InChI is InChI=1S/C10H17N/c1-2-6-10-7-3-5-9-11(10)8-4-1/h1-2,10H,3-9H2. The van der Waals surface area contributed by atoms with Crippen molar-refractivity contribution in [1.82, 2.24) is 4.90 Å². The number of fused-ring (bicyclic) bond motifs is 1. The van der Waals surface area contributed by atoms with E-state index in [0.717, 1.165) is 6.04 Å². The smallest absolute Gasteiger partial charge is 0.0130 e. The molecule has 1 nitrogen and oxygen atoms in total. The Balaban J connectivity index is 1.98. The van der Waals surface area contributed by atoms with Crippen LogP contribution in [0.4, 0.5) is 0 Å². The van der Waals surface area contributed by atoms with Crippen LogP contribution in [0, 0.1) is 0 Å². The second kappa shape index (κ2) is 3.40. The fourth-order valence-electron chi connectivity index (χ4n) is 2.23. The highest BCUT2D eigenvalue weighted by Gasteiger charge is 2.21. The molecule has 0 spiro atoms. The quantitative estimate of drug-likeness (QED) is 0.480. The first-order valence-corrected chi connectivity index (χ1v) is 4.86. The van der Waals surface area contributed by atoms with E-state index in [1.165, 1.54) is 45.2 Å². The van der Waals surface area contributed by atoms with Gasteiger partial charge in [-0.1, -0.05) is 18.6 Å². The van der Waals surface area contributed by atoms with Crippen LogP contribution in [-0.2, 0) is 0 Å². The van der Waals surface area contributed by atoms with Crippen LogP contribution in [0.25, 0.3) is 0 Å². The molecule has 11 heavy (non-hydrogen) atoms. The van der Waals surface area contributed by atoms with Crippen molar-refractivity contribution >= 4 is 0 Å². The van der Waals surface area contributed by atoms with E-state index in [-0.39, 0.29) is 0 Å². The molecule has 2 aliphatic heterocycles. The summed E-state index contributed by atoms with van der Waals surface area (Å²) in [5.41, 5.74) is 0. The summed E-state index contributed by atoms with van der Waals surface area (Å²) < 4.78 is 0. The maximum absolute atomic E-state index is 2.67. The van der Waals surface area contributed by atoms with Crippen molar-refractivity contribution in [2.45, 2.75) is 38.1 Å². The summed E-state index contributed by atoms with van der Waals surface area (Å²) in [6.07, 6.45) is 11.6. The van der Waals surface area contributed by atoms with E-state index in [1.54, 1.807) is 0 Å². The Bertz CT molecular complexity index is 151. The van der Waals surface area contributed by atoms with E-state index in [4.69, 9.17) is 0 Å². The van der Waals surface area contributed by atoms with Gasteiger partial charge in [0.25, 0.3) is 0 Å². The zero-order chi connectivity index (χ0) is 7.52. The molecule has 0 N–H and O–H groups in total. The van der Waals surface area contributed by atoms with E-state index < -0.39 is 0 Å². The molecule has 0 aromatic rings. The Hall–Kier alpha value is -0.300. The molecule has 0 aliphatic carbocycles. The van der Waals surface area contributed by atoms with Gasteiger partial charge in [-0.2, -0.15) is 0 Å². The normalized spacial score (nSPS) is 32.9. The fraction of sp³-hybridized carbons (Fsp3) is 0.800. The molecule has 2 heterocycles. The Kier molecular flexibility index (Phi) is 2.27. The molecule has 1 heteroatoms. The van der Waals surface area contributed by atoms with Gasteiger partial charge in [0.2, 0.25) is 0 Å². The van der Waals surface area contributed by atoms with E-state index in [9.17, 15) is 0 Å². The maximum atomic E-state index is 2.67. The van der Waals surface area contributed by atoms with Gasteiger partial charge in [-0.3, -0.25) is 4.90 Å². The average Bonchev–Trinajstić information content (AvgIpc) is 2.28. The minimum Gasteiger partial charge on any atom is -0.300 e. The molecule has 0 aromatic carbocycles. The van der Waals surface area contributed by atoms with Gasteiger partial charge in [0.05, 0.1) is 0 Å². The van der Waals surface area contributed by atoms with Crippen LogP contribution in [0.1, 0.15) is 32.1 Å². The summed E-state index contributed by atoms with van der Waals surface area (Å²) in [5.74, 6) is 0. The Morgan fingerprint density at radius 3 is 3.09 bits per heavy atom. The summed E-state index contributed by atoms with van der Waals surface area (Å²) in [6.45, 7) is 2.66. The highest BCUT2D eigenvalue weighted by Crippen LogP contribution is 2.21. The van der Waals surface area contributed by atoms with Gasteiger partial charge in [-0.25, -0.2) is 0 Å². The molecule has 2 aliphatic rings. The van der Waals surface area contributed by atoms with Crippen LogP contribution in [0.3, 0.4) is 0 Å². The predicted molar refractivity (Wildman–Crippen MR) is 47.6 cm³/mol. The molecule has 0 bridgehead atoms. The lowest BCUT2D eigenvalue weighted by molar-refractivity contribution is 0.156. The number of hydrogen-bond donors (Lipinski definition) is 0. The summed E-state index contributed by atoms with van der Waals surface area (Å²) >= 11 is 0. The molecular weight excluding hydrogens is 134 g/mol. The van der Waals surface area contributed by atoms with Crippen LogP contribution < -0.4 is 0 Å². The number of piperidine rings is 1. The van der Waals surface area contributed by atoms with Gasteiger partial charge in [-0.15, -0.1) is 0 Å². The van der Waals surface area contributed by atoms with Gasteiger partial charge in [0, 0.05) is 12.6 Å². The van der Waals surface area contributed by atoms with Crippen LogP contribution in [-0.4, -0.2) is 24.0 Å². The van der Waals surface area contributed by atoms with Crippen LogP contribution >= 0.6 is 0 Å². The summed E-state index contributed by atoms with van der Waals surface area (Å²) in [7, 11) is 0. The summed E-state index contributed by atoms with van der Waals surface area (Å²) in [4.78, 5) is 2.67. The lowest BCUT2D eigenvalue weighted by Crippen LogP contribution is -2.38. The maximum Gasteiger partial charge on any atom is 0.0130 e. The number of rotatable bonds is 0. The van der Waals surface area contributed by atoms with E-state index in [0.29, 0.717) is 0 Å². The SMILES string of the molecule is C1=CCC2CCCCN2CC1. The van der Waals surface area contributed by atoms with Gasteiger partial charge in [0.1, 0.15) is 0 Å². The molecule has 0 saturated carbocycles. The molecule has 2 rings (SSSR count).